The molecule has 0 aromatic heterocycles. The van der Waals surface area contributed by atoms with Crippen LogP contribution in [0.25, 0.3) is 0 Å². The van der Waals surface area contributed by atoms with Gasteiger partial charge in [-0.15, -0.1) is 0 Å². The highest BCUT2D eigenvalue weighted by Gasteiger charge is 2.26. The van der Waals surface area contributed by atoms with E-state index in [4.69, 9.17) is 20.2 Å². The summed E-state index contributed by atoms with van der Waals surface area (Å²) in [4.78, 5) is -0.335. The lowest BCUT2D eigenvalue weighted by Gasteiger charge is -2.29. The van der Waals surface area contributed by atoms with Crippen LogP contribution >= 0.6 is 10.7 Å². The molecule has 0 aliphatic heterocycles. The molecule has 4 nitrogen and oxygen atoms in total. The maximum absolute atomic E-state index is 13.2. The molecule has 1 aromatic rings. The van der Waals surface area contributed by atoms with E-state index in [-0.39, 0.29) is 22.9 Å². The van der Waals surface area contributed by atoms with Crippen LogP contribution in [0, 0.1) is 5.82 Å². The monoisotopic (exact) mass is 322 g/mol. The van der Waals surface area contributed by atoms with Crippen LogP contribution in [-0.2, 0) is 13.8 Å². The Labute approximate surface area is 122 Å². The zero-order chi connectivity index (χ0) is 14.8. The average Bonchev–Trinajstić information content (AvgIpc) is 2.40. The zero-order valence-corrected chi connectivity index (χ0v) is 12.6. The lowest BCUT2D eigenvalue weighted by atomic mass is 9.95. The van der Waals surface area contributed by atoms with Gasteiger partial charge in [-0.2, -0.15) is 0 Å². The molecule has 112 valence electrons. The molecule has 0 N–H and O–H groups in total. The Bertz CT molecular complexity index is 576. The Balaban J connectivity index is 2.21. The summed E-state index contributed by atoms with van der Waals surface area (Å²) in [5, 5.41) is 0. The van der Waals surface area contributed by atoms with Crippen molar-refractivity contribution >= 4 is 19.7 Å². The number of hydrogen-bond acceptors (Lipinski definition) is 4. The Morgan fingerprint density at radius 3 is 2.65 bits per heavy atom. The molecule has 0 radical (unpaired) electrons. The minimum absolute atomic E-state index is 0.0863. The molecule has 7 heteroatoms. The number of hydrogen-bond donors (Lipinski definition) is 0. The molecule has 0 amide bonds. The van der Waals surface area contributed by atoms with Gasteiger partial charge in [0.05, 0.1) is 6.10 Å². The van der Waals surface area contributed by atoms with E-state index in [0.717, 1.165) is 31.4 Å². The summed E-state index contributed by atoms with van der Waals surface area (Å²) in [6.07, 6.45) is 3.32. The lowest BCUT2D eigenvalue weighted by Crippen LogP contribution is -2.29. The van der Waals surface area contributed by atoms with Crippen molar-refractivity contribution in [2.45, 2.75) is 42.8 Å². The largest absolute Gasteiger partial charge is 0.489 e. The Morgan fingerprint density at radius 2 is 2.00 bits per heavy atom. The van der Waals surface area contributed by atoms with Gasteiger partial charge < -0.3 is 9.47 Å². The van der Waals surface area contributed by atoms with E-state index in [9.17, 15) is 12.8 Å². The van der Waals surface area contributed by atoms with E-state index in [1.807, 2.05) is 0 Å². The van der Waals surface area contributed by atoms with Gasteiger partial charge in [-0.3, -0.25) is 0 Å². The van der Waals surface area contributed by atoms with Crippen LogP contribution in [0.5, 0.6) is 5.75 Å². The van der Waals surface area contributed by atoms with Gasteiger partial charge in [-0.25, -0.2) is 12.8 Å². The van der Waals surface area contributed by atoms with Crippen LogP contribution in [-0.4, -0.2) is 27.7 Å². The van der Waals surface area contributed by atoms with Gasteiger partial charge >= 0.3 is 0 Å². The van der Waals surface area contributed by atoms with Gasteiger partial charge in [0.2, 0.25) is 0 Å². The van der Waals surface area contributed by atoms with Crippen LogP contribution in [0.1, 0.15) is 25.7 Å². The van der Waals surface area contributed by atoms with Crippen molar-refractivity contribution in [3.8, 4) is 5.75 Å². The summed E-state index contributed by atoms with van der Waals surface area (Å²) in [5.74, 6) is -0.585. The van der Waals surface area contributed by atoms with E-state index in [2.05, 4.69) is 0 Å². The number of halogens is 2. The highest BCUT2D eigenvalue weighted by Crippen LogP contribution is 2.31. The molecule has 1 fully saturated rings. The molecule has 0 spiro atoms. The van der Waals surface area contributed by atoms with Crippen molar-refractivity contribution in [2.24, 2.45) is 0 Å². The first-order valence-corrected chi connectivity index (χ1v) is 8.64. The first-order chi connectivity index (χ1) is 9.40. The maximum Gasteiger partial charge on any atom is 0.265 e. The van der Waals surface area contributed by atoms with Crippen LogP contribution in [0.4, 0.5) is 4.39 Å². The SMILES string of the molecule is COC1CCCC(Oc2ccc(F)cc2S(=O)(=O)Cl)C1. The second kappa shape index (κ2) is 6.28. The number of methoxy groups -OCH3 is 1. The van der Waals surface area contributed by atoms with Gasteiger partial charge in [-0.1, -0.05) is 0 Å². The fourth-order valence-corrected chi connectivity index (χ4v) is 3.34. The molecule has 2 atom stereocenters. The van der Waals surface area contributed by atoms with E-state index >= 15 is 0 Å². The van der Waals surface area contributed by atoms with Crippen molar-refractivity contribution < 1.29 is 22.3 Å². The topological polar surface area (TPSA) is 52.6 Å². The van der Waals surface area contributed by atoms with E-state index in [1.165, 1.54) is 6.07 Å². The molecule has 20 heavy (non-hydrogen) atoms. The van der Waals surface area contributed by atoms with Gasteiger partial charge in [0.25, 0.3) is 9.05 Å². The highest BCUT2D eigenvalue weighted by atomic mass is 35.7. The maximum atomic E-state index is 13.2. The van der Waals surface area contributed by atoms with Crippen molar-refractivity contribution in [3.63, 3.8) is 0 Å². The molecule has 2 rings (SSSR count). The Hall–Kier alpha value is -0.850. The summed E-state index contributed by atoms with van der Waals surface area (Å²) >= 11 is 0. The molecular formula is C13H16ClFO4S. The van der Waals surface area contributed by atoms with E-state index < -0.39 is 14.9 Å². The predicted molar refractivity (Wildman–Crippen MR) is 73.1 cm³/mol. The standard InChI is InChI=1S/C13H16ClFO4S/c1-18-10-3-2-4-11(8-10)19-12-6-5-9(15)7-13(12)20(14,16)17/h5-7,10-11H,2-4,8H2,1H3. The first-order valence-electron chi connectivity index (χ1n) is 6.34. The van der Waals surface area contributed by atoms with Gasteiger partial charge in [0.15, 0.2) is 0 Å². The lowest BCUT2D eigenvalue weighted by molar-refractivity contribution is 0.0200. The predicted octanol–water partition coefficient (Wildman–Crippen LogP) is 3.09. The smallest absolute Gasteiger partial charge is 0.265 e. The number of benzene rings is 1. The molecular weight excluding hydrogens is 307 g/mol. The Kier molecular flexibility index (Phi) is 4.88. The summed E-state index contributed by atoms with van der Waals surface area (Å²) in [5.41, 5.74) is 0. The molecule has 0 heterocycles. The normalized spacial score (nSPS) is 23.6. The van der Waals surface area contributed by atoms with Crippen LogP contribution in [0.2, 0.25) is 0 Å². The van der Waals surface area contributed by atoms with Crippen LogP contribution in [0.3, 0.4) is 0 Å². The second-order valence-electron chi connectivity index (χ2n) is 4.79. The van der Waals surface area contributed by atoms with E-state index in [0.29, 0.717) is 6.42 Å². The van der Waals surface area contributed by atoms with Crippen molar-refractivity contribution in [2.75, 3.05) is 7.11 Å². The van der Waals surface area contributed by atoms with Crippen LogP contribution in [0.15, 0.2) is 23.1 Å². The van der Waals surface area contributed by atoms with Crippen molar-refractivity contribution in [1.82, 2.24) is 0 Å². The summed E-state index contributed by atoms with van der Waals surface area (Å²) < 4.78 is 47.1. The highest BCUT2D eigenvalue weighted by molar-refractivity contribution is 8.13. The zero-order valence-electron chi connectivity index (χ0n) is 11.0. The number of ether oxygens (including phenoxy) is 2. The fraction of sp³-hybridized carbons (Fsp3) is 0.538. The summed E-state index contributed by atoms with van der Waals surface area (Å²) in [6, 6.07) is 3.31. The third kappa shape index (κ3) is 3.84. The van der Waals surface area contributed by atoms with Crippen molar-refractivity contribution in [1.29, 1.82) is 0 Å². The molecule has 0 saturated heterocycles. The molecule has 1 aliphatic carbocycles. The van der Waals surface area contributed by atoms with Crippen LogP contribution < -0.4 is 4.74 Å². The Morgan fingerprint density at radius 1 is 1.30 bits per heavy atom. The van der Waals surface area contributed by atoms with E-state index in [1.54, 1.807) is 7.11 Å². The van der Waals surface area contributed by atoms with Gasteiger partial charge in [-0.05, 0) is 37.5 Å². The molecule has 1 aromatic carbocycles. The van der Waals surface area contributed by atoms with Gasteiger partial charge in [0.1, 0.15) is 22.6 Å². The fourth-order valence-electron chi connectivity index (χ4n) is 2.37. The average molecular weight is 323 g/mol. The molecule has 2 unspecified atom stereocenters. The number of rotatable bonds is 4. The summed E-state index contributed by atoms with van der Waals surface area (Å²) in [7, 11) is 2.90. The second-order valence-corrected chi connectivity index (χ2v) is 7.33. The summed E-state index contributed by atoms with van der Waals surface area (Å²) in [6.45, 7) is 0. The minimum atomic E-state index is -4.05. The minimum Gasteiger partial charge on any atom is -0.489 e. The first kappa shape index (κ1) is 15.5. The molecule has 1 saturated carbocycles. The molecule has 0 bridgehead atoms. The van der Waals surface area contributed by atoms with Gasteiger partial charge in [0, 0.05) is 24.2 Å². The third-order valence-corrected chi connectivity index (χ3v) is 4.72. The third-order valence-electron chi connectivity index (χ3n) is 3.37. The molecule has 1 aliphatic rings. The van der Waals surface area contributed by atoms with Crippen molar-refractivity contribution in [3.05, 3.63) is 24.0 Å². The quantitative estimate of drug-likeness (QED) is 0.799.